The number of aromatic hydroxyl groups is 1. The molecule has 3 N–H and O–H groups in total. The first-order valence-corrected chi connectivity index (χ1v) is 9.41. The van der Waals surface area contributed by atoms with Crippen molar-refractivity contribution in [1.82, 2.24) is 9.78 Å². The molecule has 1 aliphatic rings. The fourth-order valence-corrected chi connectivity index (χ4v) is 3.57. The third-order valence-electron chi connectivity index (χ3n) is 5.11. The Hall–Kier alpha value is -3.69. The van der Waals surface area contributed by atoms with Gasteiger partial charge in [0.25, 0.3) is 5.91 Å². The van der Waals surface area contributed by atoms with Crippen molar-refractivity contribution >= 4 is 17.4 Å². The van der Waals surface area contributed by atoms with E-state index in [4.69, 9.17) is 4.74 Å². The van der Waals surface area contributed by atoms with Crippen molar-refractivity contribution in [3.05, 3.63) is 65.9 Å². The highest BCUT2D eigenvalue weighted by Gasteiger charge is 2.47. The van der Waals surface area contributed by atoms with Gasteiger partial charge in [0.15, 0.2) is 6.04 Å². The van der Waals surface area contributed by atoms with E-state index in [1.165, 1.54) is 25.3 Å². The van der Waals surface area contributed by atoms with Crippen LogP contribution in [0, 0.1) is 0 Å². The topological polar surface area (TPSA) is 88.4 Å². The highest BCUT2D eigenvalue weighted by molar-refractivity contribution is 6.07. The Morgan fingerprint density at radius 3 is 2.65 bits per heavy atom. The minimum atomic E-state index is -4.55. The van der Waals surface area contributed by atoms with E-state index < -0.39 is 24.2 Å². The maximum atomic E-state index is 13.8. The van der Waals surface area contributed by atoms with Gasteiger partial charge in [-0.15, -0.1) is 0 Å². The van der Waals surface area contributed by atoms with Crippen LogP contribution in [-0.4, -0.2) is 34.1 Å². The zero-order chi connectivity index (χ0) is 22.2. The van der Waals surface area contributed by atoms with Crippen LogP contribution in [0.1, 0.15) is 34.4 Å². The smallest absolute Gasteiger partial charge is 0.410 e. The van der Waals surface area contributed by atoms with E-state index in [1.54, 1.807) is 30.3 Å². The first-order valence-electron chi connectivity index (χ1n) is 9.41. The van der Waals surface area contributed by atoms with Crippen LogP contribution in [0.5, 0.6) is 11.5 Å². The van der Waals surface area contributed by atoms with Gasteiger partial charge in [-0.25, -0.2) is 4.68 Å². The Labute approximate surface area is 175 Å². The van der Waals surface area contributed by atoms with Gasteiger partial charge in [0.2, 0.25) is 0 Å². The largest absolute Gasteiger partial charge is 0.508 e. The summed E-state index contributed by atoms with van der Waals surface area (Å²) >= 11 is 0. The molecule has 0 radical (unpaired) electrons. The molecular weight excluding hydrogens is 413 g/mol. The van der Waals surface area contributed by atoms with Crippen molar-refractivity contribution in [3.63, 3.8) is 0 Å². The van der Waals surface area contributed by atoms with E-state index in [1.807, 2.05) is 0 Å². The first-order chi connectivity index (χ1) is 14.8. The summed E-state index contributed by atoms with van der Waals surface area (Å²) in [7, 11) is 1.50. The number of alkyl halides is 3. The summed E-state index contributed by atoms with van der Waals surface area (Å²) in [6.45, 7) is 0. The molecule has 10 heteroatoms. The van der Waals surface area contributed by atoms with Crippen LogP contribution in [0.25, 0.3) is 0 Å². The third-order valence-corrected chi connectivity index (χ3v) is 5.11. The first kappa shape index (κ1) is 20.6. The summed E-state index contributed by atoms with van der Waals surface area (Å²) in [5, 5.41) is 19.0. The summed E-state index contributed by atoms with van der Waals surface area (Å²) in [6.07, 6.45) is -3.72. The van der Waals surface area contributed by atoms with Gasteiger partial charge in [0.1, 0.15) is 22.9 Å². The van der Waals surface area contributed by atoms with Crippen LogP contribution in [0.3, 0.4) is 0 Å². The standard InChI is InChI=1S/C21H19F3N4O3/c1-31-15-7-5-12(6-8-15)17-10-18(21(22,23)24)28-19(27-17)16(11-25-28)20(30)26-13-3-2-4-14(29)9-13/h2-9,11,17-18,27,29H,10H2,1H3,(H,26,30)/t17-,18-/m0/s1. The number of carbonyl (C=O) groups is 1. The molecule has 0 saturated carbocycles. The molecule has 1 amide bonds. The highest BCUT2D eigenvalue weighted by Crippen LogP contribution is 2.44. The molecule has 31 heavy (non-hydrogen) atoms. The number of fused-ring (bicyclic) bond motifs is 1. The fraction of sp³-hybridized carbons (Fsp3) is 0.238. The van der Waals surface area contributed by atoms with Gasteiger partial charge in [-0.1, -0.05) is 18.2 Å². The second kappa shape index (κ2) is 7.86. The molecule has 2 heterocycles. The number of aromatic nitrogens is 2. The molecule has 3 aromatic rings. The Morgan fingerprint density at radius 2 is 2.00 bits per heavy atom. The van der Waals surface area contributed by atoms with Crippen LogP contribution in [0.4, 0.5) is 24.7 Å². The molecule has 0 aliphatic carbocycles. The van der Waals surface area contributed by atoms with E-state index in [2.05, 4.69) is 15.7 Å². The molecule has 0 saturated heterocycles. The Morgan fingerprint density at radius 1 is 1.26 bits per heavy atom. The maximum absolute atomic E-state index is 13.8. The predicted molar refractivity (Wildman–Crippen MR) is 107 cm³/mol. The molecule has 162 valence electrons. The second-order valence-electron chi connectivity index (χ2n) is 7.12. The van der Waals surface area contributed by atoms with Crippen molar-refractivity contribution in [2.75, 3.05) is 17.7 Å². The molecule has 2 aromatic carbocycles. The minimum Gasteiger partial charge on any atom is -0.508 e. The van der Waals surface area contributed by atoms with Crippen LogP contribution in [0.2, 0.25) is 0 Å². The average Bonchev–Trinajstić information content (AvgIpc) is 3.16. The van der Waals surface area contributed by atoms with E-state index in [0.717, 1.165) is 10.9 Å². The second-order valence-corrected chi connectivity index (χ2v) is 7.12. The number of carbonyl (C=O) groups excluding carboxylic acids is 1. The van der Waals surface area contributed by atoms with Gasteiger partial charge in [-0.3, -0.25) is 4.79 Å². The summed E-state index contributed by atoms with van der Waals surface area (Å²) < 4.78 is 47.3. The molecule has 1 aromatic heterocycles. The lowest BCUT2D eigenvalue weighted by Gasteiger charge is -2.34. The number of rotatable bonds is 4. The number of ether oxygens (including phenoxy) is 1. The number of phenolic OH excluding ortho intramolecular Hbond substituents is 1. The van der Waals surface area contributed by atoms with E-state index in [-0.39, 0.29) is 23.6 Å². The molecule has 0 bridgehead atoms. The number of benzene rings is 2. The lowest BCUT2D eigenvalue weighted by molar-refractivity contribution is -0.173. The lowest BCUT2D eigenvalue weighted by Crippen LogP contribution is -2.36. The van der Waals surface area contributed by atoms with Gasteiger partial charge < -0.3 is 20.5 Å². The summed E-state index contributed by atoms with van der Waals surface area (Å²) in [5.74, 6) is -0.129. The molecule has 0 spiro atoms. The number of nitrogens with one attached hydrogen (secondary N) is 2. The van der Waals surface area contributed by atoms with Gasteiger partial charge >= 0.3 is 6.18 Å². The molecule has 0 unspecified atom stereocenters. The number of hydrogen-bond donors (Lipinski definition) is 3. The number of amides is 1. The van der Waals surface area contributed by atoms with Gasteiger partial charge in [0, 0.05) is 18.2 Å². The molecule has 4 rings (SSSR count). The average molecular weight is 432 g/mol. The number of methoxy groups -OCH3 is 1. The van der Waals surface area contributed by atoms with Gasteiger partial charge in [0.05, 0.1) is 19.3 Å². The van der Waals surface area contributed by atoms with Gasteiger partial charge in [-0.05, 0) is 29.8 Å². The number of hydrogen-bond acceptors (Lipinski definition) is 5. The highest BCUT2D eigenvalue weighted by atomic mass is 19.4. The zero-order valence-electron chi connectivity index (χ0n) is 16.3. The predicted octanol–water partition coefficient (Wildman–Crippen LogP) is 4.51. The summed E-state index contributed by atoms with van der Waals surface area (Å²) in [5.41, 5.74) is 0.900. The fourth-order valence-electron chi connectivity index (χ4n) is 3.57. The van der Waals surface area contributed by atoms with Crippen LogP contribution in [-0.2, 0) is 0 Å². The Bertz CT molecular complexity index is 1100. The molecule has 7 nitrogen and oxygen atoms in total. The van der Waals surface area contributed by atoms with Crippen molar-refractivity contribution in [3.8, 4) is 11.5 Å². The monoisotopic (exact) mass is 432 g/mol. The number of anilines is 2. The van der Waals surface area contributed by atoms with Crippen LogP contribution in [0.15, 0.2) is 54.7 Å². The molecular formula is C21H19F3N4O3. The lowest BCUT2D eigenvalue weighted by atomic mass is 9.96. The van der Waals surface area contributed by atoms with E-state index >= 15 is 0 Å². The van der Waals surface area contributed by atoms with Gasteiger partial charge in [-0.2, -0.15) is 18.3 Å². The van der Waals surface area contributed by atoms with Crippen molar-refractivity contribution in [2.24, 2.45) is 0 Å². The van der Waals surface area contributed by atoms with Crippen molar-refractivity contribution < 1.29 is 27.8 Å². The molecule has 2 atom stereocenters. The third kappa shape index (κ3) is 4.14. The zero-order valence-corrected chi connectivity index (χ0v) is 16.3. The number of nitrogens with zero attached hydrogens (tertiary/aromatic N) is 2. The van der Waals surface area contributed by atoms with Crippen molar-refractivity contribution in [1.29, 1.82) is 0 Å². The Kier molecular flexibility index (Phi) is 5.22. The SMILES string of the molecule is COc1ccc([C@@H]2C[C@@H](C(F)(F)F)n3ncc(C(=O)Nc4cccc(O)c4)c3N2)cc1. The minimum absolute atomic E-state index is 0.0213. The normalized spacial score (nSPS) is 18.1. The Balaban J connectivity index is 1.67. The molecule has 1 aliphatic heterocycles. The van der Waals surface area contributed by atoms with Crippen LogP contribution >= 0.6 is 0 Å². The van der Waals surface area contributed by atoms with Crippen molar-refractivity contribution in [2.45, 2.75) is 24.7 Å². The summed E-state index contributed by atoms with van der Waals surface area (Å²) in [4.78, 5) is 12.8. The van der Waals surface area contributed by atoms with E-state index in [9.17, 15) is 23.1 Å². The quantitative estimate of drug-likeness (QED) is 0.565. The maximum Gasteiger partial charge on any atom is 0.410 e. The van der Waals surface area contributed by atoms with Crippen LogP contribution < -0.4 is 15.4 Å². The molecule has 0 fully saturated rings. The summed E-state index contributed by atoms with van der Waals surface area (Å²) in [6, 6.07) is 9.99. The number of phenols is 1. The van der Waals surface area contributed by atoms with E-state index in [0.29, 0.717) is 17.0 Å². The number of halogens is 3.